The molecule has 1 saturated carbocycles. The highest BCUT2D eigenvalue weighted by Crippen LogP contribution is 2.26. The van der Waals surface area contributed by atoms with E-state index < -0.39 is 0 Å². The molecule has 9 heteroatoms. The Labute approximate surface area is 161 Å². The van der Waals surface area contributed by atoms with E-state index in [0.717, 1.165) is 31.2 Å². The monoisotopic (exact) mass is 390 g/mol. The van der Waals surface area contributed by atoms with Gasteiger partial charge in [-0.2, -0.15) is 15.0 Å². The maximum absolute atomic E-state index is 13.2. The number of nitrogen functional groups attached to an aromatic ring is 2. The van der Waals surface area contributed by atoms with Gasteiger partial charge in [0.15, 0.2) is 5.16 Å². The predicted octanol–water partition coefficient (Wildman–Crippen LogP) is 2.63. The zero-order chi connectivity index (χ0) is 19.2. The highest BCUT2D eigenvalue weighted by Gasteiger charge is 2.26. The minimum absolute atomic E-state index is 0.00576. The molecule has 144 valence electrons. The van der Waals surface area contributed by atoms with E-state index >= 15 is 0 Å². The molecule has 1 amide bonds. The van der Waals surface area contributed by atoms with Crippen molar-refractivity contribution in [2.75, 3.05) is 17.2 Å². The molecule has 1 aromatic carbocycles. The van der Waals surface area contributed by atoms with Crippen LogP contribution in [0.4, 0.5) is 16.3 Å². The Morgan fingerprint density at radius 3 is 2.33 bits per heavy atom. The maximum Gasteiger partial charge on any atom is 0.233 e. The summed E-state index contributed by atoms with van der Waals surface area (Å²) >= 11 is 1.19. The molecule has 0 aliphatic heterocycles. The molecule has 1 aliphatic rings. The predicted molar refractivity (Wildman–Crippen MR) is 103 cm³/mol. The fourth-order valence-electron chi connectivity index (χ4n) is 3.26. The molecule has 0 radical (unpaired) electrons. The largest absolute Gasteiger partial charge is 0.368 e. The van der Waals surface area contributed by atoms with Crippen LogP contribution < -0.4 is 11.5 Å². The minimum Gasteiger partial charge on any atom is -0.368 e. The van der Waals surface area contributed by atoms with Crippen LogP contribution in [0.3, 0.4) is 0 Å². The Bertz CT molecular complexity index is 762. The summed E-state index contributed by atoms with van der Waals surface area (Å²) in [5.41, 5.74) is 12.1. The van der Waals surface area contributed by atoms with E-state index in [4.69, 9.17) is 11.5 Å². The van der Waals surface area contributed by atoms with Crippen molar-refractivity contribution in [2.24, 2.45) is 0 Å². The molecule has 0 spiro atoms. The highest BCUT2D eigenvalue weighted by molar-refractivity contribution is 7.99. The third kappa shape index (κ3) is 5.53. The zero-order valence-corrected chi connectivity index (χ0v) is 15.8. The van der Waals surface area contributed by atoms with Gasteiger partial charge in [0, 0.05) is 12.6 Å². The van der Waals surface area contributed by atoms with Crippen LogP contribution in [0.1, 0.15) is 37.7 Å². The molecule has 0 atom stereocenters. The van der Waals surface area contributed by atoms with Crippen LogP contribution in [0.5, 0.6) is 0 Å². The van der Waals surface area contributed by atoms with Gasteiger partial charge in [-0.05, 0) is 30.5 Å². The fraction of sp³-hybridized carbons (Fsp3) is 0.444. The average Bonchev–Trinajstić information content (AvgIpc) is 2.65. The lowest BCUT2D eigenvalue weighted by Gasteiger charge is -2.34. The second-order valence-corrected chi connectivity index (χ2v) is 7.51. The van der Waals surface area contributed by atoms with E-state index in [-0.39, 0.29) is 35.4 Å². The highest BCUT2D eigenvalue weighted by atomic mass is 32.2. The summed E-state index contributed by atoms with van der Waals surface area (Å²) in [4.78, 5) is 26.6. The van der Waals surface area contributed by atoms with Crippen LogP contribution >= 0.6 is 11.8 Å². The fourth-order valence-corrected chi connectivity index (χ4v) is 4.00. The number of carbonyl (C=O) groups excluding carboxylic acids is 1. The van der Waals surface area contributed by atoms with Crippen LogP contribution in [-0.2, 0) is 11.3 Å². The molecular weight excluding hydrogens is 367 g/mol. The number of rotatable bonds is 6. The van der Waals surface area contributed by atoms with Gasteiger partial charge in [0.05, 0.1) is 5.75 Å². The lowest BCUT2D eigenvalue weighted by atomic mass is 9.94. The molecule has 1 fully saturated rings. The molecule has 7 nitrogen and oxygen atoms in total. The number of hydrogen-bond acceptors (Lipinski definition) is 7. The van der Waals surface area contributed by atoms with Crippen molar-refractivity contribution in [1.29, 1.82) is 0 Å². The number of benzene rings is 1. The molecule has 1 aromatic heterocycles. The molecule has 3 rings (SSSR count). The van der Waals surface area contributed by atoms with Gasteiger partial charge in [-0.3, -0.25) is 4.79 Å². The van der Waals surface area contributed by atoms with Gasteiger partial charge < -0.3 is 16.4 Å². The van der Waals surface area contributed by atoms with Crippen molar-refractivity contribution >= 4 is 29.6 Å². The van der Waals surface area contributed by atoms with E-state index in [1.54, 1.807) is 12.1 Å². The lowest BCUT2D eigenvalue weighted by molar-refractivity contribution is -0.132. The Hall–Kier alpha value is -2.42. The summed E-state index contributed by atoms with van der Waals surface area (Å²) in [6.07, 6.45) is 5.41. The summed E-state index contributed by atoms with van der Waals surface area (Å²) in [6.45, 7) is 0.464. The summed E-state index contributed by atoms with van der Waals surface area (Å²) in [5, 5.41) is 0.332. The topological polar surface area (TPSA) is 111 Å². The van der Waals surface area contributed by atoms with Gasteiger partial charge in [-0.15, -0.1) is 0 Å². The normalized spacial score (nSPS) is 14.9. The number of hydrogen-bond donors (Lipinski definition) is 2. The van der Waals surface area contributed by atoms with Crippen molar-refractivity contribution < 1.29 is 9.18 Å². The van der Waals surface area contributed by atoms with Crippen LogP contribution in [0.25, 0.3) is 0 Å². The Morgan fingerprint density at radius 1 is 1.07 bits per heavy atom. The second-order valence-electron chi connectivity index (χ2n) is 6.56. The van der Waals surface area contributed by atoms with Gasteiger partial charge in [0.1, 0.15) is 5.82 Å². The third-order valence-corrected chi connectivity index (χ3v) is 5.41. The number of aromatic nitrogens is 3. The van der Waals surface area contributed by atoms with E-state index in [1.165, 1.54) is 30.3 Å². The summed E-state index contributed by atoms with van der Waals surface area (Å²) < 4.78 is 13.2. The Kier molecular flexibility index (Phi) is 6.44. The smallest absolute Gasteiger partial charge is 0.233 e. The van der Waals surface area contributed by atoms with Crippen molar-refractivity contribution in [3.63, 3.8) is 0 Å². The van der Waals surface area contributed by atoms with Crippen LogP contribution in [0.15, 0.2) is 29.4 Å². The minimum atomic E-state index is -0.283. The van der Waals surface area contributed by atoms with Crippen LogP contribution in [-0.4, -0.2) is 37.6 Å². The summed E-state index contributed by atoms with van der Waals surface area (Å²) in [7, 11) is 0. The summed E-state index contributed by atoms with van der Waals surface area (Å²) in [6, 6.07) is 6.48. The van der Waals surface area contributed by atoms with Gasteiger partial charge >= 0.3 is 0 Å². The summed E-state index contributed by atoms with van der Waals surface area (Å²) in [5.74, 6) is -0.0370. The van der Waals surface area contributed by atoms with Crippen molar-refractivity contribution in [3.05, 3.63) is 35.6 Å². The first-order valence-corrected chi connectivity index (χ1v) is 9.93. The molecule has 27 heavy (non-hydrogen) atoms. The van der Waals surface area contributed by atoms with Crippen LogP contribution in [0, 0.1) is 5.82 Å². The first kappa shape index (κ1) is 19.3. The maximum atomic E-state index is 13.2. The van der Waals surface area contributed by atoms with Crippen LogP contribution in [0.2, 0.25) is 0 Å². The lowest BCUT2D eigenvalue weighted by Crippen LogP contribution is -2.42. The number of halogens is 1. The molecule has 0 bridgehead atoms. The number of nitrogens with zero attached hydrogens (tertiary/aromatic N) is 4. The average molecular weight is 390 g/mol. The zero-order valence-electron chi connectivity index (χ0n) is 15.0. The second kappa shape index (κ2) is 8.98. The number of carbonyl (C=O) groups is 1. The number of thioether (sulfide) groups is 1. The molecule has 1 heterocycles. The van der Waals surface area contributed by atoms with Crippen molar-refractivity contribution in [3.8, 4) is 0 Å². The number of nitrogens with two attached hydrogens (primary N) is 2. The van der Waals surface area contributed by atoms with Gasteiger partial charge in [-0.1, -0.05) is 43.2 Å². The molecule has 0 unspecified atom stereocenters. The van der Waals surface area contributed by atoms with E-state index in [1.807, 2.05) is 4.90 Å². The first-order valence-electron chi connectivity index (χ1n) is 8.95. The Balaban J connectivity index is 1.70. The van der Waals surface area contributed by atoms with Gasteiger partial charge in [0.2, 0.25) is 17.8 Å². The number of amides is 1. The first-order chi connectivity index (χ1) is 13.0. The van der Waals surface area contributed by atoms with Gasteiger partial charge in [-0.25, -0.2) is 4.39 Å². The quantitative estimate of drug-likeness (QED) is 0.729. The Morgan fingerprint density at radius 2 is 1.70 bits per heavy atom. The molecule has 2 aromatic rings. The van der Waals surface area contributed by atoms with E-state index in [9.17, 15) is 9.18 Å². The SMILES string of the molecule is Nc1nc(N)nc(SCC(=O)N(Cc2ccc(F)cc2)C2CCCCC2)n1. The third-order valence-electron chi connectivity index (χ3n) is 4.58. The molecule has 1 aliphatic carbocycles. The molecule has 4 N–H and O–H groups in total. The van der Waals surface area contributed by atoms with E-state index in [2.05, 4.69) is 15.0 Å². The standard InChI is InChI=1S/C18H23FN6OS/c19-13-8-6-12(7-9-13)10-25(14-4-2-1-3-5-14)15(26)11-27-18-23-16(20)22-17(21)24-18/h6-9,14H,1-5,10-11H2,(H4,20,21,22,23,24). The molecular formula is C18H23FN6OS. The van der Waals surface area contributed by atoms with Gasteiger partial charge in [0.25, 0.3) is 0 Å². The molecule has 0 saturated heterocycles. The van der Waals surface area contributed by atoms with E-state index in [0.29, 0.717) is 11.7 Å². The van der Waals surface area contributed by atoms with Crippen molar-refractivity contribution in [1.82, 2.24) is 19.9 Å². The van der Waals surface area contributed by atoms with Crippen molar-refractivity contribution in [2.45, 2.75) is 49.8 Å². The number of anilines is 2.